The predicted molar refractivity (Wildman–Crippen MR) is 151 cm³/mol. The Balaban J connectivity index is 1.23. The van der Waals surface area contributed by atoms with Crippen molar-refractivity contribution in [1.29, 1.82) is 0 Å². The highest BCUT2D eigenvalue weighted by Crippen LogP contribution is 2.37. The van der Waals surface area contributed by atoms with Crippen molar-refractivity contribution >= 4 is 40.2 Å². The van der Waals surface area contributed by atoms with Gasteiger partial charge in [-0.1, -0.05) is 12.1 Å². The van der Waals surface area contributed by atoms with Crippen LogP contribution in [0.5, 0.6) is 6.01 Å². The van der Waals surface area contributed by atoms with Crippen molar-refractivity contribution in [1.82, 2.24) is 29.7 Å². The van der Waals surface area contributed by atoms with Crippen LogP contribution in [0.25, 0.3) is 10.9 Å². The largest absolute Gasteiger partial charge is 0.465 e. The third-order valence-electron chi connectivity index (χ3n) is 8.96. The van der Waals surface area contributed by atoms with Gasteiger partial charge in [0.2, 0.25) is 5.28 Å². The van der Waals surface area contributed by atoms with Gasteiger partial charge in [0, 0.05) is 36.6 Å². The van der Waals surface area contributed by atoms with Crippen molar-refractivity contribution in [3.63, 3.8) is 0 Å². The average molecular weight is 565 g/mol. The molecule has 4 aliphatic rings. The Morgan fingerprint density at radius 2 is 1.82 bits per heavy atom. The van der Waals surface area contributed by atoms with Crippen molar-refractivity contribution < 1.29 is 14.6 Å². The molecule has 11 nitrogen and oxygen atoms in total. The number of ether oxygens (including phenoxy) is 1. The lowest BCUT2D eigenvalue weighted by atomic mass is 10.0. The third-order valence-corrected chi connectivity index (χ3v) is 9.13. The Kier molecular flexibility index (Phi) is 6.50. The molecule has 3 saturated heterocycles. The predicted octanol–water partition coefficient (Wildman–Crippen LogP) is 3.44. The first kappa shape index (κ1) is 25.5. The quantitative estimate of drug-likeness (QED) is 0.463. The molecule has 0 aliphatic carbocycles. The number of rotatable bonds is 5. The van der Waals surface area contributed by atoms with E-state index in [-0.39, 0.29) is 17.4 Å². The van der Waals surface area contributed by atoms with Crippen molar-refractivity contribution in [2.75, 3.05) is 49.6 Å². The van der Waals surface area contributed by atoms with Crippen LogP contribution in [0.15, 0.2) is 24.3 Å². The van der Waals surface area contributed by atoms with E-state index in [0.717, 1.165) is 72.6 Å². The van der Waals surface area contributed by atoms with Crippen molar-refractivity contribution in [2.24, 2.45) is 0 Å². The van der Waals surface area contributed by atoms with E-state index in [1.807, 2.05) is 24.3 Å². The average Bonchev–Trinajstić information content (AvgIpc) is 3.49. The molecule has 3 atom stereocenters. The fourth-order valence-corrected chi connectivity index (χ4v) is 7.09. The summed E-state index contributed by atoms with van der Waals surface area (Å²) in [4.78, 5) is 39.2. The van der Waals surface area contributed by atoms with Crippen LogP contribution in [-0.4, -0.2) is 98.9 Å². The molecule has 7 rings (SSSR count). The van der Waals surface area contributed by atoms with E-state index in [9.17, 15) is 9.90 Å². The number of carbonyl (C=O) groups is 1. The molecule has 0 saturated carbocycles. The number of likely N-dealkylation sites (N-methyl/N-ethyl adjacent to an activating group) is 1. The van der Waals surface area contributed by atoms with E-state index < -0.39 is 6.09 Å². The highest BCUT2D eigenvalue weighted by Gasteiger charge is 2.44. The van der Waals surface area contributed by atoms with E-state index in [1.54, 1.807) is 4.90 Å². The molecule has 40 heavy (non-hydrogen) atoms. The topological polar surface area (TPSA) is 111 Å². The minimum atomic E-state index is -0.826. The molecule has 6 heterocycles. The van der Waals surface area contributed by atoms with Crippen LogP contribution in [0.1, 0.15) is 36.9 Å². The number of likely N-dealkylation sites (tertiary alicyclic amines) is 1. The van der Waals surface area contributed by atoms with Crippen LogP contribution < -0.4 is 14.5 Å². The Morgan fingerprint density at radius 3 is 2.58 bits per heavy atom. The SMILES string of the molecule is CN1CCCC1COc1nc2c(c(N3C[C@H]4CC[C@@H](C3)N4C(=O)O)n1)CCN(c1nc(Cl)nc3ccccc13)C2. The number of benzene rings is 1. The van der Waals surface area contributed by atoms with Gasteiger partial charge in [0.05, 0.1) is 29.8 Å². The summed E-state index contributed by atoms with van der Waals surface area (Å²) in [5.41, 5.74) is 2.83. The van der Waals surface area contributed by atoms with Crippen LogP contribution in [0.2, 0.25) is 5.28 Å². The third kappa shape index (κ3) is 4.54. The summed E-state index contributed by atoms with van der Waals surface area (Å²) < 4.78 is 6.26. The van der Waals surface area contributed by atoms with Gasteiger partial charge in [0.25, 0.3) is 0 Å². The lowest BCUT2D eigenvalue weighted by Crippen LogP contribution is -2.56. The smallest absolute Gasteiger partial charge is 0.407 e. The van der Waals surface area contributed by atoms with E-state index >= 15 is 0 Å². The van der Waals surface area contributed by atoms with Gasteiger partial charge in [-0.3, -0.25) is 4.90 Å². The molecule has 0 radical (unpaired) electrons. The summed E-state index contributed by atoms with van der Waals surface area (Å²) in [6.45, 7) is 4.16. The van der Waals surface area contributed by atoms with Gasteiger partial charge in [0.1, 0.15) is 18.2 Å². The normalized spacial score (nSPS) is 24.6. The number of nitrogens with zero attached hydrogens (tertiary/aromatic N) is 8. The van der Waals surface area contributed by atoms with E-state index in [4.69, 9.17) is 26.3 Å². The van der Waals surface area contributed by atoms with Gasteiger partial charge >= 0.3 is 12.1 Å². The number of carboxylic acid groups (broad SMARTS) is 1. The second-order valence-electron chi connectivity index (χ2n) is 11.3. The molecule has 1 aromatic carbocycles. The summed E-state index contributed by atoms with van der Waals surface area (Å²) in [5, 5.41) is 10.9. The molecule has 210 valence electrons. The summed E-state index contributed by atoms with van der Waals surface area (Å²) in [6, 6.07) is 8.59. The maximum Gasteiger partial charge on any atom is 0.407 e. The molecule has 2 bridgehead atoms. The molecule has 1 amide bonds. The van der Waals surface area contributed by atoms with Crippen LogP contribution in [0, 0.1) is 0 Å². The Hall–Kier alpha value is -3.44. The monoisotopic (exact) mass is 564 g/mol. The molecule has 1 N–H and O–H groups in total. The van der Waals surface area contributed by atoms with Gasteiger partial charge < -0.3 is 24.5 Å². The number of halogens is 1. The molecular weight excluding hydrogens is 532 g/mol. The van der Waals surface area contributed by atoms with Crippen molar-refractivity contribution in [3.05, 3.63) is 40.8 Å². The molecule has 12 heteroatoms. The maximum atomic E-state index is 11.9. The highest BCUT2D eigenvalue weighted by molar-refractivity contribution is 6.28. The second kappa shape index (κ2) is 10.2. The number of anilines is 2. The van der Waals surface area contributed by atoms with Crippen LogP contribution in [-0.2, 0) is 13.0 Å². The number of para-hydroxylation sites is 1. The lowest BCUT2D eigenvalue weighted by molar-refractivity contribution is 0.114. The molecule has 3 fully saturated rings. The Bertz CT molecular complexity index is 1440. The number of amides is 1. The van der Waals surface area contributed by atoms with Gasteiger partial charge in [-0.2, -0.15) is 15.0 Å². The van der Waals surface area contributed by atoms with Crippen LogP contribution >= 0.6 is 11.6 Å². The zero-order valence-electron chi connectivity index (χ0n) is 22.5. The van der Waals surface area contributed by atoms with Gasteiger partial charge in [-0.25, -0.2) is 9.78 Å². The zero-order chi connectivity index (χ0) is 27.4. The van der Waals surface area contributed by atoms with Crippen molar-refractivity contribution in [3.8, 4) is 6.01 Å². The minimum absolute atomic E-state index is 0.0204. The molecule has 4 aliphatic heterocycles. The van der Waals surface area contributed by atoms with E-state index in [1.165, 1.54) is 6.42 Å². The fraction of sp³-hybridized carbons (Fsp3) is 0.536. The molecular formula is C28H33ClN8O3. The fourth-order valence-electron chi connectivity index (χ4n) is 6.92. The minimum Gasteiger partial charge on any atom is -0.465 e. The number of hydrogen-bond donors (Lipinski definition) is 1. The molecule has 3 aromatic rings. The highest BCUT2D eigenvalue weighted by atomic mass is 35.5. The number of piperazine rings is 1. The first-order chi connectivity index (χ1) is 19.4. The number of aromatic nitrogens is 4. The first-order valence-electron chi connectivity index (χ1n) is 14.1. The molecule has 1 unspecified atom stereocenters. The lowest BCUT2D eigenvalue weighted by Gasteiger charge is -2.41. The summed E-state index contributed by atoms with van der Waals surface area (Å²) >= 11 is 6.33. The number of hydrogen-bond acceptors (Lipinski definition) is 9. The van der Waals surface area contributed by atoms with E-state index in [2.05, 4.69) is 31.7 Å². The maximum absolute atomic E-state index is 11.9. The van der Waals surface area contributed by atoms with E-state index in [0.29, 0.717) is 38.3 Å². The van der Waals surface area contributed by atoms with Crippen LogP contribution in [0.3, 0.4) is 0 Å². The molecule has 2 aromatic heterocycles. The van der Waals surface area contributed by atoms with Gasteiger partial charge in [-0.15, -0.1) is 0 Å². The second-order valence-corrected chi connectivity index (χ2v) is 11.7. The molecule has 0 spiro atoms. The Morgan fingerprint density at radius 1 is 1.02 bits per heavy atom. The van der Waals surface area contributed by atoms with Gasteiger partial charge in [-0.05, 0) is 69.4 Å². The summed E-state index contributed by atoms with van der Waals surface area (Å²) in [7, 11) is 2.13. The van der Waals surface area contributed by atoms with Gasteiger partial charge in [0.15, 0.2) is 0 Å². The summed E-state index contributed by atoms with van der Waals surface area (Å²) in [6.07, 6.45) is 3.95. The van der Waals surface area contributed by atoms with Crippen LogP contribution in [0.4, 0.5) is 16.4 Å². The number of fused-ring (bicyclic) bond motifs is 4. The summed E-state index contributed by atoms with van der Waals surface area (Å²) in [5.74, 6) is 1.68. The zero-order valence-corrected chi connectivity index (χ0v) is 23.3. The Labute approximate surface area is 237 Å². The van der Waals surface area contributed by atoms with Crippen molar-refractivity contribution in [2.45, 2.75) is 56.8 Å². The standard InChI is InChI=1S/C28H33ClN8O3/c1-34-11-4-5-19(34)16-40-27-31-23-15-35(24-20-6-2-3-7-22(20)30-26(29)32-24)12-10-21(23)25(33-27)36-13-17-8-9-18(14-36)37(17)28(38)39/h2-3,6-7,17-19H,4-5,8-16H2,1H3,(H,38,39)/t17-,18+,19?. The first-order valence-corrected chi connectivity index (χ1v) is 14.5.